The van der Waals surface area contributed by atoms with Crippen LogP contribution in [0.5, 0.6) is 5.75 Å². The number of aryl methyl sites for hydroxylation is 1. The van der Waals surface area contributed by atoms with Crippen molar-refractivity contribution in [3.8, 4) is 5.75 Å². The predicted octanol–water partition coefficient (Wildman–Crippen LogP) is 3.34. The smallest absolute Gasteiger partial charge is 0.409 e. The largest absolute Gasteiger partial charge is 0.853 e. The van der Waals surface area contributed by atoms with Gasteiger partial charge in [0.25, 0.3) is 0 Å². The first-order chi connectivity index (χ1) is 12.7. The lowest BCUT2D eigenvalue weighted by atomic mass is 10.2. The molecule has 0 amide bonds. The van der Waals surface area contributed by atoms with Crippen LogP contribution >= 0.6 is 11.3 Å². The van der Waals surface area contributed by atoms with Crippen molar-refractivity contribution in [2.24, 2.45) is 17.3 Å². The maximum atomic E-state index is 10.9. The Morgan fingerprint density at radius 2 is 1.92 bits per heavy atom. The summed E-state index contributed by atoms with van der Waals surface area (Å²) in [6, 6.07) is 13.8. The first kappa shape index (κ1) is 18.3. The minimum Gasteiger partial charge on any atom is -0.853 e. The molecule has 1 heterocycles. The minimum absolute atomic E-state index is 0.109. The van der Waals surface area contributed by atoms with E-state index in [2.05, 4.69) is 10.2 Å². The fourth-order valence-electron chi connectivity index (χ4n) is 2.75. The second-order valence-corrected chi connectivity index (χ2v) is 6.79. The highest BCUT2D eigenvalue weighted by atomic mass is 32.1. The topological polar surface area (TPSA) is 64.1 Å². The highest BCUT2D eigenvalue weighted by molar-refractivity contribution is 7.21. The summed E-state index contributed by atoms with van der Waals surface area (Å²) in [6.07, 6.45) is 0. The Hall–Kier alpha value is -2.51. The van der Waals surface area contributed by atoms with Gasteiger partial charge in [-0.1, -0.05) is 0 Å². The van der Waals surface area contributed by atoms with E-state index < -0.39 is 0 Å². The molecule has 3 aromatic rings. The number of fused-ring (bicyclic) bond motifs is 1. The average Bonchev–Trinajstić information content (AvgIpc) is 3.00. The second kappa shape index (κ2) is 8.25. The van der Waals surface area contributed by atoms with Gasteiger partial charge in [0.1, 0.15) is 17.0 Å². The number of methoxy groups -OCH3 is 1. The lowest BCUT2D eigenvalue weighted by Crippen LogP contribution is -2.30. The van der Waals surface area contributed by atoms with Crippen LogP contribution in [0.1, 0.15) is 6.92 Å². The number of anilines is 1. The van der Waals surface area contributed by atoms with Gasteiger partial charge in [0.15, 0.2) is 0 Å². The van der Waals surface area contributed by atoms with Crippen molar-refractivity contribution in [2.45, 2.75) is 6.92 Å². The Morgan fingerprint density at radius 3 is 2.58 bits per heavy atom. The Balaban J connectivity index is 1.81. The molecule has 26 heavy (non-hydrogen) atoms. The highest BCUT2D eigenvalue weighted by Crippen LogP contribution is 2.30. The Bertz CT molecular complexity index is 906. The van der Waals surface area contributed by atoms with E-state index in [-0.39, 0.29) is 6.61 Å². The number of thiazole rings is 1. The normalized spacial score (nSPS) is 11.4. The molecule has 2 aromatic carbocycles. The zero-order valence-electron chi connectivity index (χ0n) is 15.2. The molecular formula is C19H22N4O2S. The van der Waals surface area contributed by atoms with Gasteiger partial charge in [0, 0.05) is 24.8 Å². The molecule has 0 N–H and O–H groups in total. The van der Waals surface area contributed by atoms with E-state index in [1.165, 1.54) is 0 Å². The summed E-state index contributed by atoms with van der Waals surface area (Å²) in [4.78, 5) is 2.05. The van der Waals surface area contributed by atoms with Crippen LogP contribution in [0.15, 0.2) is 52.7 Å². The van der Waals surface area contributed by atoms with E-state index in [1.54, 1.807) is 18.4 Å². The Morgan fingerprint density at radius 1 is 1.15 bits per heavy atom. The molecule has 1 aromatic heterocycles. The summed E-state index contributed by atoms with van der Waals surface area (Å²) in [5.41, 5.74) is 2.90. The van der Waals surface area contributed by atoms with Crippen LogP contribution in [-0.4, -0.2) is 26.8 Å². The Kier molecular flexibility index (Phi) is 5.80. The molecule has 0 unspecified atom stereocenters. The third-order valence-corrected chi connectivity index (χ3v) is 5.31. The number of likely N-dealkylation sites (N-methyl/N-ethyl adjacent to an activating group) is 1. The minimum atomic E-state index is -0.109. The molecule has 0 atom stereocenters. The summed E-state index contributed by atoms with van der Waals surface area (Å²) in [6.45, 7) is 3.25. The summed E-state index contributed by atoms with van der Waals surface area (Å²) in [5, 5.41) is 20.4. The summed E-state index contributed by atoms with van der Waals surface area (Å²) in [5.74, 6) is 0.831. The van der Waals surface area contributed by atoms with E-state index in [9.17, 15) is 5.11 Å². The van der Waals surface area contributed by atoms with Crippen LogP contribution in [0.4, 0.5) is 16.5 Å². The number of hydrogen-bond acceptors (Lipinski definition) is 6. The molecule has 0 saturated heterocycles. The van der Waals surface area contributed by atoms with Gasteiger partial charge < -0.3 is 14.7 Å². The first-order valence-electron chi connectivity index (χ1n) is 8.47. The lowest BCUT2D eigenvalue weighted by Gasteiger charge is -2.24. The van der Waals surface area contributed by atoms with E-state index in [0.717, 1.165) is 39.0 Å². The third-order valence-electron chi connectivity index (χ3n) is 4.23. The van der Waals surface area contributed by atoms with Gasteiger partial charge in [-0.2, -0.15) is 0 Å². The van der Waals surface area contributed by atoms with Gasteiger partial charge in [-0.25, -0.2) is 4.57 Å². The number of azo groups is 1. The number of aromatic nitrogens is 1. The lowest BCUT2D eigenvalue weighted by molar-refractivity contribution is -0.627. The van der Waals surface area contributed by atoms with E-state index in [0.29, 0.717) is 6.54 Å². The van der Waals surface area contributed by atoms with Crippen molar-refractivity contribution >= 4 is 38.1 Å². The van der Waals surface area contributed by atoms with Gasteiger partial charge in [-0.3, -0.25) is 0 Å². The van der Waals surface area contributed by atoms with Crippen LogP contribution in [-0.2, 0) is 7.05 Å². The molecule has 0 aliphatic heterocycles. The molecular weight excluding hydrogens is 348 g/mol. The zero-order valence-corrected chi connectivity index (χ0v) is 16.0. The average molecular weight is 370 g/mol. The van der Waals surface area contributed by atoms with Crippen molar-refractivity contribution in [3.05, 3.63) is 42.5 Å². The number of rotatable bonds is 7. The number of ether oxygens (including phenoxy) is 1. The molecule has 0 radical (unpaired) electrons. The maximum absolute atomic E-state index is 10.9. The molecule has 7 heteroatoms. The standard InChI is InChI=1S/C19H22N4O2S/c1-4-23(11-12-24)15-7-5-14(6-8-15)20-21-19-22(2)17-10-9-16(25-3)13-18(17)26-19/h5-10,13H,4,11-12H2,1-3H3. The van der Waals surface area contributed by atoms with Crippen LogP contribution in [0, 0.1) is 0 Å². The molecule has 0 saturated carbocycles. The molecule has 3 rings (SSSR count). The van der Waals surface area contributed by atoms with E-state index in [4.69, 9.17) is 4.74 Å². The van der Waals surface area contributed by atoms with Gasteiger partial charge in [-0.15, -0.1) is 6.61 Å². The quantitative estimate of drug-likeness (QED) is 0.473. The fourth-order valence-corrected chi connectivity index (χ4v) is 3.75. The molecule has 0 aliphatic carbocycles. The molecule has 0 spiro atoms. The molecule has 0 aliphatic rings. The van der Waals surface area contributed by atoms with Crippen LogP contribution < -0.4 is 19.3 Å². The number of benzene rings is 2. The molecule has 136 valence electrons. The summed E-state index contributed by atoms with van der Waals surface area (Å²) in [7, 11) is 3.64. The molecule has 6 nitrogen and oxygen atoms in total. The second-order valence-electron chi connectivity index (χ2n) is 5.78. The van der Waals surface area contributed by atoms with Gasteiger partial charge in [0.05, 0.1) is 24.0 Å². The highest BCUT2D eigenvalue weighted by Gasteiger charge is 2.16. The van der Waals surface area contributed by atoms with Gasteiger partial charge in [0.2, 0.25) is 0 Å². The first-order valence-corrected chi connectivity index (χ1v) is 9.29. The monoisotopic (exact) mass is 370 g/mol. The third kappa shape index (κ3) is 3.84. The van der Waals surface area contributed by atoms with E-state index in [1.807, 2.05) is 65.9 Å². The van der Waals surface area contributed by atoms with Gasteiger partial charge >= 0.3 is 5.13 Å². The van der Waals surface area contributed by atoms with E-state index >= 15 is 0 Å². The summed E-state index contributed by atoms with van der Waals surface area (Å²) < 4.78 is 8.40. The van der Waals surface area contributed by atoms with Crippen molar-refractivity contribution in [3.63, 3.8) is 0 Å². The number of nitrogens with zero attached hydrogens (tertiary/aromatic N) is 4. The molecule has 0 bridgehead atoms. The van der Waals surface area contributed by atoms with Gasteiger partial charge in [-0.05, 0) is 59.8 Å². The predicted molar refractivity (Wildman–Crippen MR) is 103 cm³/mol. The molecule has 0 fully saturated rings. The Labute approximate surface area is 157 Å². The van der Waals surface area contributed by atoms with Crippen LogP contribution in [0.2, 0.25) is 0 Å². The van der Waals surface area contributed by atoms with Crippen molar-refractivity contribution in [1.82, 2.24) is 0 Å². The van der Waals surface area contributed by atoms with Crippen molar-refractivity contribution in [1.29, 1.82) is 0 Å². The fraction of sp³-hybridized carbons (Fsp3) is 0.316. The van der Waals surface area contributed by atoms with Crippen LogP contribution in [0.25, 0.3) is 10.2 Å². The van der Waals surface area contributed by atoms with Crippen molar-refractivity contribution < 1.29 is 14.4 Å². The number of hydrogen-bond donors (Lipinski definition) is 0. The van der Waals surface area contributed by atoms with Crippen molar-refractivity contribution in [2.75, 3.05) is 31.7 Å². The zero-order chi connectivity index (χ0) is 18.5. The summed E-state index contributed by atoms with van der Waals surface area (Å²) >= 11 is 1.57. The maximum Gasteiger partial charge on any atom is 0.409 e. The van der Waals surface area contributed by atoms with Crippen LogP contribution in [0.3, 0.4) is 0 Å². The SMILES string of the molecule is CCN(CC[O-])c1ccc(N=Nc2sc3cc(OC)ccc3[n+]2C)cc1.